The number of carbonyl (C=O) groups excluding carboxylic acids is 8. The van der Waals surface area contributed by atoms with Crippen LogP contribution in [0.1, 0.15) is 130 Å². The minimum absolute atomic E-state index is 0.0265. The number of amides is 8. The minimum atomic E-state index is -1.34. The fourth-order valence-electron chi connectivity index (χ4n) is 10.5. The van der Waals surface area contributed by atoms with Crippen molar-refractivity contribution in [1.82, 2.24) is 26.3 Å². The molecule has 0 saturated heterocycles. The van der Waals surface area contributed by atoms with E-state index in [0.29, 0.717) is 83.1 Å². The van der Waals surface area contributed by atoms with Crippen LogP contribution in [0.2, 0.25) is 0 Å². The highest BCUT2D eigenvalue weighted by Gasteiger charge is 2.30. The Bertz CT molecular complexity index is 3660. The Hall–Kier alpha value is -10.1. The quantitative estimate of drug-likeness (QED) is 0.0225. The van der Waals surface area contributed by atoms with E-state index in [1.54, 1.807) is 12.3 Å². The number of methoxy groups -OCH3 is 4. The van der Waals surface area contributed by atoms with Crippen LogP contribution in [0.3, 0.4) is 0 Å². The molecule has 6 rings (SSSR count). The molecule has 96 heavy (non-hydrogen) atoms. The number of rotatable bonds is 40. The zero-order valence-corrected chi connectivity index (χ0v) is 54.6. The highest BCUT2D eigenvalue weighted by molar-refractivity contribution is 6.08. The van der Waals surface area contributed by atoms with E-state index in [4.69, 9.17) is 47.6 Å². The van der Waals surface area contributed by atoms with E-state index >= 15 is 0 Å². The molecule has 20 N–H and O–H groups in total. The first-order valence-electron chi connectivity index (χ1n) is 31.8. The van der Waals surface area contributed by atoms with Crippen molar-refractivity contribution in [2.24, 2.45) is 28.7 Å². The number of nitrogens with two attached hydrogens (primary N) is 5. The minimum Gasteiger partial charge on any atom is -0.496 e. The van der Waals surface area contributed by atoms with E-state index in [2.05, 4.69) is 47.5 Å². The SMILES string of the molecule is COc1ccc(NC(=O)[C@H](CCCCN)NC(=O)c2cc(NC(=O)[C@H](CCCCN)NC(=O)c3cc(NC(=O)[C@H](CCCCN)NC(=O)c4cc(NC(=O)[C@@H](N)CCCCCN)ccc4OC)ccc3OC)ccc2OC)cc1C(=O)N[C@@H](Cc1c[nH]c2ccccc12)C(=O)O. The molecule has 0 aliphatic heterocycles. The molecule has 0 fully saturated rings. The molecule has 28 nitrogen and oxygen atoms in total. The molecule has 6 aromatic rings. The van der Waals surface area contributed by atoms with Crippen LogP contribution in [0, 0.1) is 0 Å². The van der Waals surface area contributed by atoms with Crippen molar-refractivity contribution in [3.63, 3.8) is 0 Å². The molecule has 0 spiro atoms. The fraction of sp³-hybridized carbons (Fsp3) is 0.397. The third-order valence-corrected chi connectivity index (χ3v) is 15.8. The van der Waals surface area contributed by atoms with Crippen LogP contribution in [-0.2, 0) is 30.4 Å². The maximum atomic E-state index is 14.4. The van der Waals surface area contributed by atoms with E-state index in [0.717, 1.165) is 23.7 Å². The molecule has 0 radical (unpaired) electrons. The molecule has 516 valence electrons. The highest BCUT2D eigenvalue weighted by atomic mass is 16.5. The van der Waals surface area contributed by atoms with Gasteiger partial charge < -0.3 is 100 Å². The summed E-state index contributed by atoms with van der Waals surface area (Å²) in [6.45, 7) is 1.45. The molecule has 1 aromatic heterocycles. The topological polar surface area (TPSA) is 453 Å². The van der Waals surface area contributed by atoms with Gasteiger partial charge in [0.05, 0.1) is 56.7 Å². The predicted octanol–water partition coefficient (Wildman–Crippen LogP) is 5.01. The van der Waals surface area contributed by atoms with E-state index < -0.39 is 83.4 Å². The molecule has 8 amide bonds. The first kappa shape index (κ1) is 74.9. The monoisotopic (exact) mass is 1330 g/mol. The lowest BCUT2D eigenvalue weighted by atomic mass is 10.0. The zero-order chi connectivity index (χ0) is 69.7. The second-order valence-corrected chi connectivity index (χ2v) is 22.7. The van der Waals surface area contributed by atoms with Crippen molar-refractivity contribution in [2.75, 3.05) is 75.9 Å². The largest absolute Gasteiger partial charge is 0.496 e. The third kappa shape index (κ3) is 21.7. The van der Waals surface area contributed by atoms with Gasteiger partial charge in [-0.3, -0.25) is 38.4 Å². The number of ether oxygens (including phenoxy) is 4. The number of H-pyrrole nitrogens is 1. The summed E-state index contributed by atoms with van der Waals surface area (Å²) < 4.78 is 22.1. The number of carbonyl (C=O) groups is 9. The summed E-state index contributed by atoms with van der Waals surface area (Å²) in [4.78, 5) is 128. The normalized spacial score (nSPS) is 12.6. The maximum Gasteiger partial charge on any atom is 0.326 e. The second kappa shape index (κ2) is 38.3. The average Bonchev–Trinajstić information content (AvgIpc) is 1.26. The maximum absolute atomic E-state index is 14.4. The number of carboxylic acid groups (broad SMARTS) is 1. The summed E-state index contributed by atoms with van der Waals surface area (Å²) >= 11 is 0. The van der Waals surface area contributed by atoms with Gasteiger partial charge in [-0.1, -0.05) is 31.0 Å². The zero-order valence-electron chi connectivity index (χ0n) is 54.6. The molecule has 0 aliphatic carbocycles. The molecule has 0 saturated carbocycles. The van der Waals surface area contributed by atoms with Gasteiger partial charge in [-0.2, -0.15) is 0 Å². The van der Waals surface area contributed by atoms with Gasteiger partial charge in [0, 0.05) is 46.3 Å². The smallest absolute Gasteiger partial charge is 0.326 e. The van der Waals surface area contributed by atoms with Crippen LogP contribution in [-0.4, -0.2) is 148 Å². The van der Waals surface area contributed by atoms with Crippen molar-refractivity contribution in [1.29, 1.82) is 0 Å². The Balaban J connectivity index is 1.16. The van der Waals surface area contributed by atoms with Crippen LogP contribution < -0.4 is 90.2 Å². The molecular formula is C68H90N14O14. The third-order valence-electron chi connectivity index (χ3n) is 15.8. The number of aromatic amines is 1. The fourth-order valence-corrected chi connectivity index (χ4v) is 10.5. The van der Waals surface area contributed by atoms with Gasteiger partial charge in [0.25, 0.3) is 23.6 Å². The van der Waals surface area contributed by atoms with Crippen molar-refractivity contribution < 1.29 is 67.2 Å². The van der Waals surface area contributed by atoms with Crippen molar-refractivity contribution in [3.05, 3.63) is 131 Å². The van der Waals surface area contributed by atoms with Gasteiger partial charge >= 0.3 is 5.97 Å². The van der Waals surface area contributed by atoms with Gasteiger partial charge in [-0.15, -0.1) is 0 Å². The number of aromatic nitrogens is 1. The van der Waals surface area contributed by atoms with Gasteiger partial charge in [-0.25, -0.2) is 4.79 Å². The van der Waals surface area contributed by atoms with Crippen molar-refractivity contribution in [3.8, 4) is 23.0 Å². The number of hydrogen-bond acceptors (Lipinski definition) is 18. The van der Waals surface area contributed by atoms with Gasteiger partial charge in [-0.05, 0) is 181 Å². The average molecular weight is 1330 g/mol. The number of unbranched alkanes of at least 4 members (excludes halogenated alkanes) is 5. The molecule has 0 aliphatic rings. The van der Waals surface area contributed by atoms with Crippen LogP contribution in [0.5, 0.6) is 23.0 Å². The summed E-state index contributed by atoms with van der Waals surface area (Å²) in [5.74, 6) is -6.29. The molecule has 1 heterocycles. The number of hydrogen-bond donors (Lipinski definition) is 15. The molecule has 5 aromatic carbocycles. The Morgan fingerprint density at radius 1 is 0.417 bits per heavy atom. The summed E-state index contributed by atoms with van der Waals surface area (Å²) in [5.41, 5.74) is 31.1. The van der Waals surface area contributed by atoms with E-state index in [1.165, 1.54) is 95.2 Å². The van der Waals surface area contributed by atoms with Crippen LogP contribution in [0.4, 0.5) is 22.7 Å². The predicted molar refractivity (Wildman–Crippen MR) is 365 cm³/mol. The van der Waals surface area contributed by atoms with Gasteiger partial charge in [0.2, 0.25) is 23.6 Å². The number of para-hydroxylation sites is 1. The molecule has 28 heteroatoms. The number of carboxylic acids is 1. The van der Waals surface area contributed by atoms with Crippen LogP contribution >= 0.6 is 0 Å². The molecule has 5 atom stereocenters. The summed E-state index contributed by atoms with van der Waals surface area (Å²) in [6.07, 6.45) is 7.62. The Labute approximate surface area is 556 Å². The molecule has 0 bridgehead atoms. The Kier molecular flexibility index (Phi) is 29.9. The first-order chi connectivity index (χ1) is 46.3. The van der Waals surface area contributed by atoms with Crippen molar-refractivity contribution in [2.45, 2.75) is 120 Å². The number of nitrogens with one attached hydrogen (secondary N) is 9. The van der Waals surface area contributed by atoms with E-state index in [-0.39, 0.29) is 93.7 Å². The summed E-state index contributed by atoms with van der Waals surface area (Å²) in [7, 11) is 5.38. The standard InChI is InChI=1S/C68H90N14O14/c1-93-56-26-22-41(75-64(87)50(73)17-6-5-12-30-69)35-46(56)60(83)79-52(19-9-13-31-70)65(88)76-42-23-27-57(94-2)47(36-42)61(84)80-53(20-10-14-32-71)66(89)77-43-24-28-58(95-3)48(37-43)62(85)81-54(21-11-15-33-72)67(90)78-44-25-29-59(96-4)49(38-44)63(86)82-55(68(91)92)34-40-39-74-51-18-8-7-16-45(40)51/h7-8,16,18,22-29,35-39,50,52-55,74H,5-6,9-15,17,19-21,30-34,69-73H2,1-4H3,(H,75,87)(H,76,88)(H,77,89)(H,78,90)(H,79,83)(H,80,84)(H,81,85)(H,82,86)(H,91,92)/t50-,52-,53-,54-,55-/m0/s1. The Morgan fingerprint density at radius 3 is 1.08 bits per heavy atom. The highest BCUT2D eigenvalue weighted by Crippen LogP contribution is 2.29. The summed E-state index contributed by atoms with van der Waals surface area (Å²) in [5, 5.41) is 33.0. The van der Waals surface area contributed by atoms with E-state index in [1.807, 2.05) is 24.3 Å². The van der Waals surface area contributed by atoms with Crippen LogP contribution in [0.15, 0.2) is 103 Å². The molecule has 0 unspecified atom stereocenters. The lowest BCUT2D eigenvalue weighted by Gasteiger charge is -2.22. The number of anilines is 4. The molecular weight excluding hydrogens is 1240 g/mol. The number of benzene rings is 5. The van der Waals surface area contributed by atoms with Crippen LogP contribution in [0.25, 0.3) is 10.9 Å². The number of fused-ring (bicyclic) bond motifs is 1. The lowest BCUT2D eigenvalue weighted by Crippen LogP contribution is -2.44. The first-order valence-corrected chi connectivity index (χ1v) is 31.8. The van der Waals surface area contributed by atoms with E-state index in [9.17, 15) is 48.3 Å². The number of aliphatic carboxylic acids is 1. The van der Waals surface area contributed by atoms with Crippen molar-refractivity contribution >= 4 is 86.9 Å². The second-order valence-electron chi connectivity index (χ2n) is 22.7. The lowest BCUT2D eigenvalue weighted by molar-refractivity contribution is -0.139. The van der Waals surface area contributed by atoms with Gasteiger partial charge in [0.1, 0.15) is 47.2 Å². The summed E-state index contributed by atoms with van der Waals surface area (Å²) in [6, 6.07) is 19.0. The van der Waals surface area contributed by atoms with Gasteiger partial charge in [0.15, 0.2) is 0 Å². The Morgan fingerprint density at radius 2 is 0.740 bits per heavy atom.